The Morgan fingerprint density at radius 1 is 1.50 bits per heavy atom. The maximum Gasteiger partial charge on any atom is 0.188 e. The molecule has 3 nitrogen and oxygen atoms in total. The minimum absolute atomic E-state index is 0.00449. The first-order chi connectivity index (χ1) is 7.66. The third-order valence-electron chi connectivity index (χ3n) is 2.01. The van der Waals surface area contributed by atoms with Gasteiger partial charge in [-0.05, 0) is 29.2 Å². The van der Waals surface area contributed by atoms with Crippen LogP contribution in [0.25, 0.3) is 0 Å². The van der Waals surface area contributed by atoms with Gasteiger partial charge in [0.2, 0.25) is 0 Å². The summed E-state index contributed by atoms with van der Waals surface area (Å²) in [6.07, 6.45) is 0.00449. The van der Waals surface area contributed by atoms with Gasteiger partial charge in [-0.1, -0.05) is 26.5 Å². The number of carbonyl (C=O) groups is 1. The van der Waals surface area contributed by atoms with Crippen LogP contribution in [0.3, 0.4) is 0 Å². The fraction of sp³-hybridized carbons (Fsp3) is 0.100. The molecule has 0 atom stereocenters. The van der Waals surface area contributed by atoms with Crippen LogP contribution in [0.5, 0.6) is 0 Å². The second-order valence-corrected chi connectivity index (χ2v) is 4.65. The minimum atomic E-state index is -0.397. The monoisotopic (exact) mass is 300 g/mol. The maximum atomic E-state index is 13.4. The molecule has 0 N–H and O–H groups in total. The summed E-state index contributed by atoms with van der Waals surface area (Å²) in [5.41, 5.74) is 0.647. The van der Waals surface area contributed by atoms with Gasteiger partial charge in [0.15, 0.2) is 5.78 Å². The topological polar surface area (TPSA) is 42.9 Å². The number of ketones is 1. The van der Waals surface area contributed by atoms with Gasteiger partial charge in [0.1, 0.15) is 11.5 Å². The van der Waals surface area contributed by atoms with Crippen molar-refractivity contribution in [2.75, 3.05) is 0 Å². The number of rotatable bonds is 3. The third-order valence-corrected chi connectivity index (χ3v) is 3.01. The van der Waals surface area contributed by atoms with Gasteiger partial charge >= 0.3 is 0 Å². The average molecular weight is 301 g/mol. The zero-order valence-corrected chi connectivity index (χ0v) is 10.4. The molecule has 2 aromatic rings. The van der Waals surface area contributed by atoms with E-state index < -0.39 is 5.82 Å². The summed E-state index contributed by atoms with van der Waals surface area (Å²) < 4.78 is 17.7. The van der Waals surface area contributed by atoms with Gasteiger partial charge < -0.3 is 0 Å². The Balaban J connectivity index is 2.18. The molecule has 0 aliphatic carbocycles. The Bertz CT molecular complexity index is 516. The minimum Gasteiger partial charge on any atom is -0.292 e. The lowest BCUT2D eigenvalue weighted by atomic mass is 10.1. The highest BCUT2D eigenvalue weighted by atomic mass is 79.9. The number of nitrogens with zero attached hydrogens (tertiary/aromatic N) is 2. The van der Waals surface area contributed by atoms with E-state index in [9.17, 15) is 9.18 Å². The van der Waals surface area contributed by atoms with Crippen molar-refractivity contribution in [1.29, 1.82) is 0 Å². The molecule has 0 aliphatic rings. The van der Waals surface area contributed by atoms with E-state index in [1.165, 1.54) is 6.07 Å². The van der Waals surface area contributed by atoms with Gasteiger partial charge in [0, 0.05) is 16.3 Å². The first-order valence-electron chi connectivity index (χ1n) is 4.41. The Morgan fingerprint density at radius 3 is 2.94 bits per heavy atom. The fourth-order valence-corrected chi connectivity index (χ4v) is 2.01. The van der Waals surface area contributed by atoms with Crippen molar-refractivity contribution in [2.45, 2.75) is 6.42 Å². The van der Waals surface area contributed by atoms with Crippen LogP contribution in [0.15, 0.2) is 28.1 Å². The van der Waals surface area contributed by atoms with Crippen LogP contribution in [0, 0.1) is 5.82 Å². The van der Waals surface area contributed by atoms with Crippen molar-refractivity contribution >= 4 is 33.2 Å². The molecule has 0 aliphatic heterocycles. The van der Waals surface area contributed by atoms with Crippen LogP contribution in [0.2, 0.25) is 0 Å². The Kier molecular flexibility index (Phi) is 3.40. The highest BCUT2D eigenvalue weighted by Crippen LogP contribution is 2.16. The summed E-state index contributed by atoms with van der Waals surface area (Å²) in [5.74, 6) is -0.624. The normalized spacial score (nSPS) is 10.4. The Labute approximate surface area is 104 Å². The molecule has 1 aromatic carbocycles. The molecule has 6 heteroatoms. The zero-order chi connectivity index (χ0) is 11.5. The number of Topliss-reactive ketones (excluding diaryl/α,β-unsaturated/α-hetero) is 1. The molecule has 0 bridgehead atoms. The molecule has 0 spiro atoms. The standard InChI is InChI=1S/C10H6BrFN2OS/c11-7-2-1-6(8(12)4-7)3-10(15)9-5-16-14-13-9/h1-2,4-5H,3H2. The molecule has 2 rings (SSSR count). The summed E-state index contributed by atoms with van der Waals surface area (Å²) >= 11 is 4.26. The second kappa shape index (κ2) is 4.80. The molecule has 0 saturated carbocycles. The van der Waals surface area contributed by atoms with E-state index >= 15 is 0 Å². The van der Waals surface area contributed by atoms with E-state index in [-0.39, 0.29) is 17.9 Å². The molecule has 0 amide bonds. The Hall–Kier alpha value is -1.14. The van der Waals surface area contributed by atoms with Crippen LogP contribution in [-0.4, -0.2) is 15.4 Å². The van der Waals surface area contributed by atoms with E-state index in [0.29, 0.717) is 10.0 Å². The van der Waals surface area contributed by atoms with Crippen LogP contribution in [0.4, 0.5) is 4.39 Å². The summed E-state index contributed by atoms with van der Waals surface area (Å²) in [7, 11) is 0. The van der Waals surface area contributed by atoms with Crippen molar-refractivity contribution in [2.24, 2.45) is 0 Å². The molecule has 0 saturated heterocycles. The van der Waals surface area contributed by atoms with Gasteiger partial charge in [-0.25, -0.2) is 4.39 Å². The molecule has 0 unspecified atom stereocenters. The lowest BCUT2D eigenvalue weighted by Crippen LogP contribution is -2.05. The summed E-state index contributed by atoms with van der Waals surface area (Å²) in [6, 6.07) is 4.62. The zero-order valence-electron chi connectivity index (χ0n) is 7.98. The molecule has 0 fully saturated rings. The van der Waals surface area contributed by atoms with E-state index in [1.807, 2.05) is 0 Å². The molecule has 16 heavy (non-hydrogen) atoms. The van der Waals surface area contributed by atoms with Gasteiger partial charge in [-0.2, -0.15) is 0 Å². The molecular weight excluding hydrogens is 295 g/mol. The first kappa shape index (κ1) is 11.3. The smallest absolute Gasteiger partial charge is 0.188 e. The van der Waals surface area contributed by atoms with Gasteiger partial charge in [0.05, 0.1) is 0 Å². The lowest BCUT2D eigenvalue weighted by molar-refractivity contribution is 0.0987. The van der Waals surface area contributed by atoms with E-state index in [0.717, 1.165) is 11.5 Å². The van der Waals surface area contributed by atoms with Crippen molar-refractivity contribution in [3.05, 3.63) is 45.1 Å². The van der Waals surface area contributed by atoms with Crippen molar-refractivity contribution in [3.63, 3.8) is 0 Å². The van der Waals surface area contributed by atoms with Crippen LogP contribution >= 0.6 is 27.5 Å². The van der Waals surface area contributed by atoms with Gasteiger partial charge in [-0.3, -0.25) is 4.79 Å². The van der Waals surface area contributed by atoms with E-state index in [4.69, 9.17) is 0 Å². The van der Waals surface area contributed by atoms with Crippen molar-refractivity contribution < 1.29 is 9.18 Å². The largest absolute Gasteiger partial charge is 0.292 e. The first-order valence-corrected chi connectivity index (χ1v) is 6.04. The number of halogens is 2. The fourth-order valence-electron chi connectivity index (χ4n) is 1.21. The molecule has 1 heterocycles. The third kappa shape index (κ3) is 2.51. The predicted molar refractivity (Wildman–Crippen MR) is 62.0 cm³/mol. The van der Waals surface area contributed by atoms with Crippen molar-refractivity contribution in [1.82, 2.24) is 9.59 Å². The number of benzene rings is 1. The van der Waals surface area contributed by atoms with E-state index in [2.05, 4.69) is 25.5 Å². The van der Waals surface area contributed by atoms with E-state index in [1.54, 1.807) is 17.5 Å². The number of aromatic nitrogens is 2. The predicted octanol–water partition coefficient (Wildman–Crippen LogP) is 2.87. The van der Waals surface area contributed by atoms with Crippen molar-refractivity contribution in [3.8, 4) is 0 Å². The number of hydrogen-bond donors (Lipinski definition) is 0. The summed E-state index contributed by atoms with van der Waals surface area (Å²) in [4.78, 5) is 11.6. The molecular formula is C10H6BrFN2OS. The van der Waals surface area contributed by atoms with Crippen LogP contribution < -0.4 is 0 Å². The Morgan fingerprint density at radius 2 is 2.31 bits per heavy atom. The second-order valence-electron chi connectivity index (χ2n) is 3.13. The number of hydrogen-bond acceptors (Lipinski definition) is 4. The van der Waals surface area contributed by atoms with Crippen LogP contribution in [-0.2, 0) is 6.42 Å². The van der Waals surface area contributed by atoms with Crippen LogP contribution in [0.1, 0.15) is 16.1 Å². The van der Waals surface area contributed by atoms with Gasteiger partial charge in [-0.15, -0.1) is 5.10 Å². The lowest BCUT2D eigenvalue weighted by Gasteiger charge is -2.01. The summed E-state index contributed by atoms with van der Waals surface area (Å²) in [5, 5.41) is 5.20. The molecule has 82 valence electrons. The highest BCUT2D eigenvalue weighted by molar-refractivity contribution is 9.10. The average Bonchev–Trinajstić information content (AvgIpc) is 2.75. The quantitative estimate of drug-likeness (QED) is 0.819. The number of carbonyl (C=O) groups excluding carboxylic acids is 1. The molecule has 0 radical (unpaired) electrons. The highest BCUT2D eigenvalue weighted by Gasteiger charge is 2.12. The van der Waals surface area contributed by atoms with Gasteiger partial charge in [0.25, 0.3) is 0 Å². The maximum absolute atomic E-state index is 13.4. The summed E-state index contributed by atoms with van der Waals surface area (Å²) in [6.45, 7) is 0. The molecule has 1 aromatic heterocycles. The SMILES string of the molecule is O=C(Cc1ccc(Br)cc1F)c1csnn1.